The Labute approximate surface area is 306 Å². The molecule has 0 aliphatic heterocycles. The molecule has 10 rings (SSSR count). The van der Waals surface area contributed by atoms with Crippen molar-refractivity contribution in [2.75, 3.05) is 0 Å². The van der Waals surface area contributed by atoms with Crippen molar-refractivity contribution in [1.29, 1.82) is 0 Å². The van der Waals surface area contributed by atoms with E-state index in [9.17, 15) is 0 Å². The molecule has 0 radical (unpaired) electrons. The highest BCUT2D eigenvalue weighted by Crippen LogP contribution is 2.43. The first-order chi connectivity index (χ1) is 26.3. The number of hydrogen-bond acceptors (Lipinski definition) is 4. The van der Waals surface area contributed by atoms with Crippen molar-refractivity contribution in [2.45, 2.75) is 0 Å². The van der Waals surface area contributed by atoms with E-state index < -0.39 is 0 Å². The molecule has 0 saturated heterocycles. The maximum absolute atomic E-state index is 6.60. The van der Waals surface area contributed by atoms with Crippen molar-refractivity contribution < 1.29 is 4.42 Å². The zero-order chi connectivity index (χ0) is 35.1. The lowest BCUT2D eigenvalue weighted by molar-refractivity contribution is 0.673. The van der Waals surface area contributed by atoms with E-state index in [1.165, 1.54) is 0 Å². The van der Waals surface area contributed by atoms with Crippen LogP contribution in [0, 0.1) is 0 Å². The summed E-state index contributed by atoms with van der Waals surface area (Å²) in [6.07, 6.45) is 1.84. The molecule has 10 aromatic rings. The normalized spacial score (nSPS) is 11.4. The van der Waals surface area contributed by atoms with Crippen LogP contribution in [-0.2, 0) is 0 Å². The Balaban J connectivity index is 1.11. The Hall–Kier alpha value is -7.17. The van der Waals surface area contributed by atoms with Gasteiger partial charge in [-0.05, 0) is 70.1 Å². The van der Waals surface area contributed by atoms with Crippen LogP contribution in [0.4, 0.5) is 0 Å². The van der Waals surface area contributed by atoms with Crippen molar-refractivity contribution >= 4 is 32.7 Å². The zero-order valence-corrected chi connectivity index (χ0v) is 28.6. The lowest BCUT2D eigenvalue weighted by Gasteiger charge is -2.12. The molecule has 0 N–H and O–H groups in total. The van der Waals surface area contributed by atoms with Crippen LogP contribution < -0.4 is 0 Å². The van der Waals surface area contributed by atoms with Gasteiger partial charge in [0.15, 0.2) is 5.82 Å². The molecule has 0 saturated carbocycles. The van der Waals surface area contributed by atoms with Crippen molar-refractivity contribution in [3.05, 3.63) is 188 Å². The van der Waals surface area contributed by atoms with Crippen molar-refractivity contribution in [3.8, 4) is 67.4 Å². The van der Waals surface area contributed by atoms with Gasteiger partial charge in [0.25, 0.3) is 0 Å². The Morgan fingerprint density at radius 3 is 1.72 bits per heavy atom. The summed E-state index contributed by atoms with van der Waals surface area (Å²) in [5.41, 5.74) is 13.1. The first kappa shape index (κ1) is 30.6. The predicted octanol–water partition coefficient (Wildman–Crippen LogP) is 12.9. The van der Waals surface area contributed by atoms with Gasteiger partial charge in [-0.3, -0.25) is 4.98 Å². The van der Waals surface area contributed by atoms with Gasteiger partial charge >= 0.3 is 0 Å². The van der Waals surface area contributed by atoms with E-state index in [-0.39, 0.29) is 0 Å². The van der Waals surface area contributed by atoms with Gasteiger partial charge in [-0.2, -0.15) is 0 Å². The molecule has 0 spiro atoms. The number of furan rings is 1. The Bertz CT molecular complexity index is 2880. The van der Waals surface area contributed by atoms with E-state index in [0.717, 1.165) is 94.3 Å². The summed E-state index contributed by atoms with van der Waals surface area (Å²) in [4.78, 5) is 14.8. The number of benzene rings is 7. The number of pyridine rings is 1. The first-order valence-corrected chi connectivity index (χ1v) is 17.8. The van der Waals surface area contributed by atoms with E-state index in [1.807, 2.05) is 66.9 Å². The van der Waals surface area contributed by atoms with E-state index in [2.05, 4.69) is 121 Å². The molecule has 3 heterocycles. The van der Waals surface area contributed by atoms with Crippen LogP contribution >= 0.6 is 0 Å². The van der Waals surface area contributed by atoms with Crippen molar-refractivity contribution in [1.82, 2.24) is 15.0 Å². The van der Waals surface area contributed by atoms with Gasteiger partial charge in [-0.15, -0.1) is 0 Å². The average Bonchev–Trinajstić information content (AvgIpc) is 3.63. The lowest BCUT2D eigenvalue weighted by atomic mass is 9.92. The second-order valence-corrected chi connectivity index (χ2v) is 13.2. The molecular weight excluding hydrogens is 647 g/mol. The summed E-state index contributed by atoms with van der Waals surface area (Å²) in [5.74, 6) is 0.703. The highest BCUT2D eigenvalue weighted by Gasteiger charge is 2.18. The third-order valence-electron chi connectivity index (χ3n) is 9.94. The molecule has 7 aromatic carbocycles. The molecule has 3 aromatic heterocycles. The molecule has 0 atom stereocenters. The van der Waals surface area contributed by atoms with Crippen LogP contribution in [0.5, 0.6) is 0 Å². The summed E-state index contributed by atoms with van der Waals surface area (Å²) >= 11 is 0. The van der Waals surface area contributed by atoms with Gasteiger partial charge in [0, 0.05) is 44.6 Å². The first-order valence-electron chi connectivity index (χ1n) is 17.8. The highest BCUT2D eigenvalue weighted by atomic mass is 16.3. The summed E-state index contributed by atoms with van der Waals surface area (Å²) in [6.45, 7) is 0. The van der Waals surface area contributed by atoms with Gasteiger partial charge in [0.1, 0.15) is 11.2 Å². The predicted molar refractivity (Wildman–Crippen MR) is 217 cm³/mol. The van der Waals surface area contributed by atoms with Gasteiger partial charge in [-0.1, -0.05) is 140 Å². The Kier molecular flexibility index (Phi) is 7.43. The molecule has 0 aliphatic rings. The SMILES string of the molecule is c1ccc(-c2cc(-c3cccc(-c4cccc(-c5cc6c(oc7cccc(-c8ccccn8)c76)c6ccccc56)c4)c3)nc(-c3ccccc3)n2)cc1. The fraction of sp³-hybridized carbons (Fsp3) is 0. The Morgan fingerprint density at radius 2 is 0.962 bits per heavy atom. The number of hydrogen-bond donors (Lipinski definition) is 0. The summed E-state index contributed by atoms with van der Waals surface area (Å²) in [7, 11) is 0. The maximum atomic E-state index is 6.60. The molecule has 0 fully saturated rings. The minimum Gasteiger partial charge on any atom is -0.455 e. The van der Waals surface area contributed by atoms with Crippen molar-refractivity contribution in [2.24, 2.45) is 0 Å². The summed E-state index contributed by atoms with van der Waals surface area (Å²) < 4.78 is 6.60. The third kappa shape index (κ3) is 5.54. The van der Waals surface area contributed by atoms with Crippen LogP contribution in [0.3, 0.4) is 0 Å². The maximum Gasteiger partial charge on any atom is 0.160 e. The molecule has 0 amide bonds. The number of rotatable bonds is 6. The van der Waals surface area contributed by atoms with Crippen molar-refractivity contribution in [3.63, 3.8) is 0 Å². The molecule has 0 aliphatic carbocycles. The van der Waals surface area contributed by atoms with Crippen LogP contribution in [0.2, 0.25) is 0 Å². The molecule has 4 nitrogen and oxygen atoms in total. The zero-order valence-electron chi connectivity index (χ0n) is 28.6. The highest BCUT2D eigenvalue weighted by molar-refractivity contribution is 6.22. The minimum atomic E-state index is 0.703. The van der Waals surface area contributed by atoms with Gasteiger partial charge < -0.3 is 4.42 Å². The standard InChI is InChI=1S/C49H31N3O/c1-3-14-32(15-4-1)44-31-45(52-49(51-44)33-16-5-2-6-17-33)37-21-12-19-35(29-37)34-18-11-20-36(28-34)41-30-42-47-40(43-25-9-10-27-50-43)24-13-26-46(47)53-48(42)39-23-8-7-22-38(39)41/h1-31H. The summed E-state index contributed by atoms with van der Waals surface area (Å²) in [5, 5.41) is 4.39. The quantitative estimate of drug-likeness (QED) is 0.176. The Morgan fingerprint density at radius 1 is 0.358 bits per heavy atom. The molecular formula is C49H31N3O. The van der Waals surface area contributed by atoms with Gasteiger partial charge in [0.05, 0.1) is 17.1 Å². The second kappa shape index (κ2) is 12.9. The van der Waals surface area contributed by atoms with Crippen LogP contribution in [0.1, 0.15) is 0 Å². The van der Waals surface area contributed by atoms with Crippen LogP contribution in [0.25, 0.3) is 100 Å². The van der Waals surface area contributed by atoms with E-state index in [1.54, 1.807) is 0 Å². The average molecular weight is 678 g/mol. The van der Waals surface area contributed by atoms with Crippen LogP contribution in [-0.4, -0.2) is 15.0 Å². The lowest BCUT2D eigenvalue weighted by Crippen LogP contribution is -1.96. The largest absolute Gasteiger partial charge is 0.455 e. The number of fused-ring (bicyclic) bond motifs is 5. The fourth-order valence-electron chi connectivity index (χ4n) is 7.42. The molecule has 0 bridgehead atoms. The van der Waals surface area contributed by atoms with Gasteiger partial charge in [-0.25, -0.2) is 9.97 Å². The molecule has 248 valence electrons. The number of aromatic nitrogens is 3. The monoisotopic (exact) mass is 677 g/mol. The molecule has 4 heteroatoms. The molecule has 53 heavy (non-hydrogen) atoms. The van der Waals surface area contributed by atoms with Gasteiger partial charge in [0.2, 0.25) is 0 Å². The topological polar surface area (TPSA) is 51.8 Å². The number of nitrogens with zero attached hydrogens (tertiary/aromatic N) is 3. The van der Waals surface area contributed by atoms with E-state index >= 15 is 0 Å². The minimum absolute atomic E-state index is 0.703. The third-order valence-corrected chi connectivity index (χ3v) is 9.94. The smallest absolute Gasteiger partial charge is 0.160 e. The summed E-state index contributed by atoms with van der Waals surface area (Å²) in [6, 6.07) is 63.1. The fourth-order valence-corrected chi connectivity index (χ4v) is 7.42. The second-order valence-electron chi connectivity index (χ2n) is 13.2. The van der Waals surface area contributed by atoms with Crippen LogP contribution in [0.15, 0.2) is 193 Å². The van der Waals surface area contributed by atoms with E-state index in [4.69, 9.17) is 19.4 Å². The van der Waals surface area contributed by atoms with E-state index in [0.29, 0.717) is 5.82 Å². The molecule has 0 unspecified atom stereocenters.